The van der Waals surface area contributed by atoms with Gasteiger partial charge in [-0.15, -0.1) is 0 Å². The molecule has 0 aliphatic rings. The van der Waals surface area contributed by atoms with Crippen molar-refractivity contribution >= 4 is 38.4 Å². The first-order valence-corrected chi connectivity index (χ1v) is 5.71. The van der Waals surface area contributed by atoms with E-state index in [0.29, 0.717) is 0 Å². The fraction of sp³-hybridized carbons (Fsp3) is 0. The van der Waals surface area contributed by atoms with Gasteiger partial charge >= 0.3 is 29.6 Å². The molecule has 0 heterocycles. The third-order valence-electron chi connectivity index (χ3n) is 1.40. The van der Waals surface area contributed by atoms with Crippen LogP contribution in [0.4, 0.5) is 5.69 Å². The molecule has 1 aromatic rings. The summed E-state index contributed by atoms with van der Waals surface area (Å²) in [6, 6.07) is 3.55. The molecule has 1 aromatic carbocycles. The molecule has 0 aliphatic heterocycles. The summed E-state index contributed by atoms with van der Waals surface area (Å²) < 4.78 is 32.1. The summed E-state index contributed by atoms with van der Waals surface area (Å²) in [5.41, 5.74) is -0.664. The fourth-order valence-electron chi connectivity index (χ4n) is 0.874. The Bertz CT molecular complexity index is 488. The van der Waals surface area contributed by atoms with Crippen LogP contribution in [0.25, 0.3) is 0 Å². The van der Waals surface area contributed by atoms with Gasteiger partial charge in [0, 0.05) is 0 Å². The van der Waals surface area contributed by atoms with E-state index in [4.69, 9.17) is 0 Å². The van der Waals surface area contributed by atoms with Crippen LogP contribution >= 0.6 is 22.6 Å². The van der Waals surface area contributed by atoms with Crippen molar-refractivity contribution in [2.24, 2.45) is 0 Å². The van der Waals surface area contributed by atoms with Crippen molar-refractivity contribution in [3.8, 4) is 0 Å². The first kappa shape index (κ1) is 15.3. The standard InChI is InChI=1S/C6H4INO5S.Na/c7-4-2-1-3-5(14(11,12)13)6(4)8(9)10;/h1-3H,(H,11,12,13);/q;+1/p-1. The predicted octanol–water partition coefficient (Wildman–Crippen LogP) is -1.89. The molecule has 0 atom stereocenters. The van der Waals surface area contributed by atoms with E-state index in [-0.39, 0.29) is 33.1 Å². The molecule has 6 nitrogen and oxygen atoms in total. The van der Waals surface area contributed by atoms with Crippen molar-refractivity contribution in [2.75, 3.05) is 0 Å². The van der Waals surface area contributed by atoms with Crippen LogP contribution in [-0.4, -0.2) is 17.9 Å². The van der Waals surface area contributed by atoms with Gasteiger partial charge in [-0.25, -0.2) is 8.42 Å². The Morgan fingerprint density at radius 1 is 1.33 bits per heavy atom. The molecule has 0 aromatic heterocycles. The number of nitro benzene ring substituents is 1. The van der Waals surface area contributed by atoms with Crippen LogP contribution in [0.2, 0.25) is 0 Å². The van der Waals surface area contributed by atoms with Crippen LogP contribution in [0.1, 0.15) is 0 Å². The fourth-order valence-corrected chi connectivity index (χ4v) is 2.42. The van der Waals surface area contributed by atoms with E-state index in [1.54, 1.807) is 22.6 Å². The minimum Gasteiger partial charge on any atom is -0.744 e. The van der Waals surface area contributed by atoms with E-state index < -0.39 is 25.6 Å². The van der Waals surface area contributed by atoms with Gasteiger partial charge in [-0.05, 0) is 34.7 Å². The Morgan fingerprint density at radius 2 is 1.87 bits per heavy atom. The Labute approximate surface area is 121 Å². The van der Waals surface area contributed by atoms with Gasteiger partial charge in [0.05, 0.1) is 8.49 Å². The summed E-state index contributed by atoms with van der Waals surface area (Å²) >= 11 is 1.60. The molecule has 0 bridgehead atoms. The second-order valence-electron chi connectivity index (χ2n) is 2.30. The van der Waals surface area contributed by atoms with Crippen LogP contribution in [0.15, 0.2) is 23.1 Å². The van der Waals surface area contributed by atoms with Gasteiger partial charge in [-0.2, -0.15) is 0 Å². The molecule has 76 valence electrons. The molecular weight excluding hydrogens is 348 g/mol. The summed E-state index contributed by atoms with van der Waals surface area (Å²) in [4.78, 5) is 8.81. The van der Waals surface area contributed by atoms with E-state index in [1.165, 1.54) is 12.1 Å². The molecule has 0 unspecified atom stereocenters. The second kappa shape index (κ2) is 5.55. The summed E-state index contributed by atoms with van der Waals surface area (Å²) in [6.45, 7) is 0. The SMILES string of the molecule is O=[N+]([O-])c1c(I)cccc1S(=O)(=O)[O-].[Na+]. The maximum atomic E-state index is 10.6. The zero-order valence-corrected chi connectivity index (χ0v) is 12.5. The van der Waals surface area contributed by atoms with Crippen LogP contribution < -0.4 is 29.6 Å². The molecule has 0 fully saturated rings. The molecule has 0 radical (unpaired) electrons. The van der Waals surface area contributed by atoms with E-state index in [2.05, 4.69) is 0 Å². The van der Waals surface area contributed by atoms with Gasteiger partial charge < -0.3 is 4.55 Å². The summed E-state index contributed by atoms with van der Waals surface area (Å²) in [7, 11) is -4.80. The van der Waals surface area contributed by atoms with E-state index >= 15 is 0 Å². The zero-order chi connectivity index (χ0) is 10.9. The Kier molecular flexibility index (Phi) is 5.64. The predicted molar refractivity (Wildman–Crippen MR) is 53.8 cm³/mol. The smallest absolute Gasteiger partial charge is 0.744 e. The number of nitrogens with zero attached hydrogens (tertiary/aromatic N) is 1. The van der Waals surface area contributed by atoms with E-state index in [0.717, 1.165) is 6.07 Å². The van der Waals surface area contributed by atoms with Crippen molar-refractivity contribution in [3.63, 3.8) is 0 Å². The monoisotopic (exact) mass is 351 g/mol. The van der Waals surface area contributed by atoms with E-state index in [9.17, 15) is 23.1 Å². The molecule has 0 aliphatic carbocycles. The Hall–Kier alpha value is 0.260. The molecule has 0 N–H and O–H groups in total. The maximum Gasteiger partial charge on any atom is 1.00 e. The average Bonchev–Trinajstić information content (AvgIpc) is 2.01. The van der Waals surface area contributed by atoms with Crippen molar-refractivity contribution in [2.45, 2.75) is 4.90 Å². The maximum absolute atomic E-state index is 10.6. The number of nitro groups is 1. The minimum absolute atomic E-state index is 0. The molecule has 0 saturated heterocycles. The average molecular weight is 351 g/mol. The Morgan fingerprint density at radius 3 is 2.20 bits per heavy atom. The minimum atomic E-state index is -4.80. The third kappa shape index (κ3) is 3.64. The largest absolute Gasteiger partial charge is 1.00 e. The number of hydrogen-bond donors (Lipinski definition) is 0. The van der Waals surface area contributed by atoms with Crippen LogP contribution in [0, 0.1) is 13.7 Å². The molecule has 0 saturated carbocycles. The van der Waals surface area contributed by atoms with Crippen LogP contribution in [0.5, 0.6) is 0 Å². The quantitative estimate of drug-likeness (QED) is 0.204. The van der Waals surface area contributed by atoms with Crippen molar-refractivity contribution in [3.05, 3.63) is 31.9 Å². The van der Waals surface area contributed by atoms with Crippen molar-refractivity contribution in [1.82, 2.24) is 0 Å². The normalized spacial score (nSPS) is 10.5. The molecule has 0 spiro atoms. The molecule has 15 heavy (non-hydrogen) atoms. The van der Waals surface area contributed by atoms with Crippen molar-refractivity contribution in [1.29, 1.82) is 0 Å². The first-order chi connectivity index (χ1) is 6.34. The van der Waals surface area contributed by atoms with E-state index in [1.807, 2.05) is 0 Å². The van der Waals surface area contributed by atoms with Gasteiger partial charge in [-0.1, -0.05) is 6.07 Å². The van der Waals surface area contributed by atoms with Crippen LogP contribution in [0.3, 0.4) is 0 Å². The molecule has 1 rings (SSSR count). The van der Waals surface area contributed by atoms with Crippen molar-refractivity contribution < 1.29 is 47.5 Å². The van der Waals surface area contributed by atoms with Gasteiger partial charge in [0.2, 0.25) is 0 Å². The molecular formula is C6H3INNaO5S. The zero-order valence-electron chi connectivity index (χ0n) is 7.51. The summed E-state index contributed by atoms with van der Waals surface area (Å²) in [5, 5.41) is 10.5. The number of hydrogen-bond acceptors (Lipinski definition) is 5. The third-order valence-corrected chi connectivity index (χ3v) is 3.14. The van der Waals surface area contributed by atoms with Gasteiger partial charge in [0.1, 0.15) is 15.0 Å². The Balaban J connectivity index is 0.00000196. The number of rotatable bonds is 2. The topological polar surface area (TPSA) is 100 Å². The van der Waals surface area contributed by atoms with Crippen LogP contribution in [-0.2, 0) is 10.1 Å². The van der Waals surface area contributed by atoms with Gasteiger partial charge in [-0.3, -0.25) is 10.1 Å². The first-order valence-electron chi connectivity index (χ1n) is 3.23. The summed E-state index contributed by atoms with van der Waals surface area (Å²) in [6.07, 6.45) is 0. The number of halogens is 1. The summed E-state index contributed by atoms with van der Waals surface area (Å²) in [5.74, 6) is 0. The number of para-hydroxylation sites is 1. The van der Waals surface area contributed by atoms with Gasteiger partial charge in [0.15, 0.2) is 0 Å². The molecule has 0 amide bonds. The second-order valence-corrected chi connectivity index (χ2v) is 4.81. The number of benzene rings is 1. The molecule has 9 heteroatoms. The van der Waals surface area contributed by atoms with Gasteiger partial charge in [0.25, 0.3) is 5.69 Å².